The van der Waals surface area contributed by atoms with Gasteiger partial charge in [-0.05, 0) is 44.4 Å². The van der Waals surface area contributed by atoms with Crippen LogP contribution >= 0.6 is 0 Å². The maximum absolute atomic E-state index is 11.4. The fraction of sp³-hybridized carbons (Fsp3) is 0.923. The van der Waals surface area contributed by atoms with Gasteiger partial charge < -0.3 is 9.84 Å². The minimum atomic E-state index is -0.849. The van der Waals surface area contributed by atoms with E-state index >= 15 is 0 Å². The van der Waals surface area contributed by atoms with Gasteiger partial charge in [-0.3, -0.25) is 4.79 Å². The van der Waals surface area contributed by atoms with Crippen LogP contribution < -0.4 is 0 Å². The number of carbonyl (C=O) groups excluding carboxylic acids is 1. The lowest BCUT2D eigenvalue weighted by atomic mass is 9.70. The lowest BCUT2D eigenvalue weighted by molar-refractivity contribution is -0.158. The first-order valence-electron chi connectivity index (χ1n) is 6.21. The van der Waals surface area contributed by atoms with Crippen molar-refractivity contribution >= 4 is 5.97 Å². The van der Waals surface area contributed by atoms with Crippen LogP contribution in [0.1, 0.15) is 46.5 Å². The topological polar surface area (TPSA) is 46.5 Å². The molecule has 0 bridgehead atoms. The molecule has 0 aliphatic heterocycles. The van der Waals surface area contributed by atoms with E-state index in [4.69, 9.17) is 4.74 Å². The van der Waals surface area contributed by atoms with E-state index in [0.717, 1.165) is 12.8 Å². The molecule has 0 aromatic carbocycles. The van der Waals surface area contributed by atoms with Gasteiger partial charge in [0.1, 0.15) is 0 Å². The first-order chi connectivity index (χ1) is 7.40. The van der Waals surface area contributed by atoms with Crippen LogP contribution in [0, 0.1) is 17.8 Å². The molecule has 0 aromatic rings. The van der Waals surface area contributed by atoms with Gasteiger partial charge in [0.2, 0.25) is 0 Å². The Hall–Kier alpha value is -0.570. The third kappa shape index (κ3) is 2.76. The Morgan fingerprint density at radius 1 is 1.31 bits per heavy atom. The third-order valence-corrected chi connectivity index (χ3v) is 4.20. The van der Waals surface area contributed by atoms with Crippen LogP contribution in [-0.2, 0) is 9.53 Å². The van der Waals surface area contributed by atoms with E-state index in [1.54, 1.807) is 6.92 Å². The molecular weight excluding hydrogens is 204 g/mol. The van der Waals surface area contributed by atoms with Gasteiger partial charge in [-0.1, -0.05) is 13.8 Å². The quantitative estimate of drug-likeness (QED) is 0.754. The second kappa shape index (κ2) is 5.17. The molecule has 1 aliphatic rings. The largest absolute Gasteiger partial charge is 0.469 e. The van der Waals surface area contributed by atoms with Gasteiger partial charge in [-0.25, -0.2) is 0 Å². The number of esters is 1. The normalized spacial score (nSPS) is 32.5. The highest BCUT2D eigenvalue weighted by Crippen LogP contribution is 2.40. The Morgan fingerprint density at radius 2 is 1.81 bits per heavy atom. The van der Waals surface area contributed by atoms with Gasteiger partial charge in [0.05, 0.1) is 18.6 Å². The molecule has 0 radical (unpaired) electrons. The van der Waals surface area contributed by atoms with E-state index in [9.17, 15) is 9.90 Å². The molecule has 0 heterocycles. The Labute approximate surface area is 98.2 Å². The van der Waals surface area contributed by atoms with Crippen molar-refractivity contribution in [2.75, 3.05) is 7.11 Å². The van der Waals surface area contributed by atoms with Crippen LogP contribution in [0.3, 0.4) is 0 Å². The van der Waals surface area contributed by atoms with Crippen LogP contribution in [-0.4, -0.2) is 23.8 Å². The lowest BCUT2D eigenvalue weighted by Gasteiger charge is -2.40. The van der Waals surface area contributed by atoms with Gasteiger partial charge in [-0.15, -0.1) is 0 Å². The van der Waals surface area contributed by atoms with Crippen molar-refractivity contribution < 1.29 is 14.6 Å². The molecule has 0 spiro atoms. The first-order valence-corrected chi connectivity index (χ1v) is 6.21. The molecule has 94 valence electrons. The summed E-state index contributed by atoms with van der Waals surface area (Å²) < 4.78 is 4.71. The van der Waals surface area contributed by atoms with Crippen LogP contribution in [0.2, 0.25) is 0 Å². The van der Waals surface area contributed by atoms with Crippen LogP contribution in [0.15, 0.2) is 0 Å². The summed E-state index contributed by atoms with van der Waals surface area (Å²) in [4.78, 5) is 11.4. The van der Waals surface area contributed by atoms with Gasteiger partial charge in [0, 0.05) is 0 Å². The van der Waals surface area contributed by atoms with Crippen molar-refractivity contribution in [3.05, 3.63) is 0 Å². The first kappa shape index (κ1) is 13.5. The van der Waals surface area contributed by atoms with E-state index < -0.39 is 11.5 Å². The van der Waals surface area contributed by atoms with Crippen LogP contribution in [0.4, 0.5) is 0 Å². The summed E-state index contributed by atoms with van der Waals surface area (Å²) >= 11 is 0. The number of rotatable bonds is 3. The second-order valence-electron chi connectivity index (χ2n) is 5.43. The van der Waals surface area contributed by atoms with E-state index in [1.807, 2.05) is 0 Å². The third-order valence-electron chi connectivity index (χ3n) is 4.20. The highest BCUT2D eigenvalue weighted by molar-refractivity contribution is 5.73. The fourth-order valence-corrected chi connectivity index (χ4v) is 2.64. The minimum absolute atomic E-state index is 0.300. The summed E-state index contributed by atoms with van der Waals surface area (Å²) in [7, 11) is 1.38. The van der Waals surface area contributed by atoms with Gasteiger partial charge in [0.25, 0.3) is 0 Å². The Morgan fingerprint density at radius 3 is 2.19 bits per heavy atom. The van der Waals surface area contributed by atoms with E-state index in [-0.39, 0.29) is 5.97 Å². The highest BCUT2D eigenvalue weighted by Gasteiger charge is 2.42. The van der Waals surface area contributed by atoms with E-state index in [0.29, 0.717) is 24.7 Å². The molecule has 1 fully saturated rings. The van der Waals surface area contributed by atoms with Gasteiger partial charge >= 0.3 is 5.97 Å². The minimum Gasteiger partial charge on any atom is -0.469 e. The summed E-state index contributed by atoms with van der Waals surface area (Å²) in [6, 6.07) is 0. The molecule has 16 heavy (non-hydrogen) atoms. The zero-order valence-corrected chi connectivity index (χ0v) is 10.8. The molecule has 1 unspecified atom stereocenters. The van der Waals surface area contributed by atoms with Crippen molar-refractivity contribution in [3.8, 4) is 0 Å². The van der Waals surface area contributed by atoms with Crippen molar-refractivity contribution in [2.45, 2.75) is 52.1 Å². The summed E-state index contributed by atoms with van der Waals surface area (Å²) in [5, 5.41) is 10.4. The van der Waals surface area contributed by atoms with Crippen molar-refractivity contribution in [1.82, 2.24) is 0 Å². The number of hydrogen-bond acceptors (Lipinski definition) is 3. The van der Waals surface area contributed by atoms with Gasteiger partial charge in [-0.2, -0.15) is 0 Å². The molecule has 1 saturated carbocycles. The molecule has 1 N–H and O–H groups in total. The zero-order valence-electron chi connectivity index (χ0n) is 10.8. The molecule has 0 aromatic heterocycles. The summed E-state index contributed by atoms with van der Waals surface area (Å²) in [5.74, 6) is 0.638. The summed E-state index contributed by atoms with van der Waals surface area (Å²) in [6.45, 7) is 6.21. The number of hydrogen-bond donors (Lipinski definition) is 1. The Bertz CT molecular complexity index is 240. The van der Waals surface area contributed by atoms with Crippen molar-refractivity contribution in [1.29, 1.82) is 0 Å². The van der Waals surface area contributed by atoms with E-state index in [1.165, 1.54) is 7.11 Å². The summed E-state index contributed by atoms with van der Waals surface area (Å²) in [5.41, 5.74) is -0.849. The SMILES string of the molecule is COC(=O)C(C)C1(O)CCC(C(C)C)CC1. The number of aliphatic hydroxyl groups is 1. The molecule has 1 rings (SSSR count). The highest BCUT2D eigenvalue weighted by atomic mass is 16.5. The van der Waals surface area contributed by atoms with Crippen LogP contribution in [0.25, 0.3) is 0 Å². The average Bonchev–Trinajstić information content (AvgIpc) is 2.27. The maximum atomic E-state index is 11.4. The molecule has 1 atom stereocenters. The van der Waals surface area contributed by atoms with Crippen molar-refractivity contribution in [2.24, 2.45) is 17.8 Å². The molecule has 3 nitrogen and oxygen atoms in total. The fourth-order valence-electron chi connectivity index (χ4n) is 2.64. The maximum Gasteiger partial charge on any atom is 0.311 e. The second-order valence-corrected chi connectivity index (χ2v) is 5.43. The smallest absolute Gasteiger partial charge is 0.311 e. The molecule has 1 aliphatic carbocycles. The van der Waals surface area contributed by atoms with E-state index in [2.05, 4.69) is 13.8 Å². The molecular formula is C13H24O3. The molecule has 0 saturated heterocycles. The zero-order chi connectivity index (χ0) is 12.3. The predicted molar refractivity (Wildman–Crippen MR) is 62.9 cm³/mol. The van der Waals surface area contributed by atoms with Gasteiger partial charge in [0.15, 0.2) is 0 Å². The number of carbonyl (C=O) groups is 1. The van der Waals surface area contributed by atoms with Crippen LogP contribution in [0.5, 0.6) is 0 Å². The molecule has 0 amide bonds. The standard InChI is InChI=1S/C13H24O3/c1-9(2)11-5-7-13(15,8-6-11)10(3)12(14)16-4/h9-11,15H,5-8H2,1-4H3. The lowest BCUT2D eigenvalue weighted by Crippen LogP contribution is -2.44. The number of ether oxygens (including phenoxy) is 1. The van der Waals surface area contributed by atoms with Crippen molar-refractivity contribution in [3.63, 3.8) is 0 Å². The Kier molecular flexibility index (Phi) is 4.36. The number of methoxy groups -OCH3 is 1. The molecule has 3 heteroatoms. The summed E-state index contributed by atoms with van der Waals surface area (Å²) in [6.07, 6.45) is 3.45. The average molecular weight is 228 g/mol. The predicted octanol–water partition coefficient (Wildman–Crippen LogP) is 2.37. The monoisotopic (exact) mass is 228 g/mol. The Balaban J connectivity index is 2.59.